The molecule has 0 radical (unpaired) electrons. The Bertz CT molecular complexity index is 759. The van der Waals surface area contributed by atoms with E-state index in [9.17, 15) is 4.79 Å². The van der Waals surface area contributed by atoms with Gasteiger partial charge in [-0.25, -0.2) is 0 Å². The van der Waals surface area contributed by atoms with Crippen LogP contribution in [0.1, 0.15) is 43.4 Å². The summed E-state index contributed by atoms with van der Waals surface area (Å²) in [4.78, 5) is 12.4. The molecule has 0 fully saturated rings. The van der Waals surface area contributed by atoms with E-state index in [1.807, 2.05) is 19.1 Å². The summed E-state index contributed by atoms with van der Waals surface area (Å²) in [5, 5.41) is 3.95. The van der Waals surface area contributed by atoms with Crippen LogP contribution < -0.4 is 10.1 Å². The fourth-order valence-electron chi connectivity index (χ4n) is 2.46. The summed E-state index contributed by atoms with van der Waals surface area (Å²) < 4.78 is 5.92. The van der Waals surface area contributed by atoms with Crippen LogP contribution >= 0.6 is 23.2 Å². The lowest BCUT2D eigenvalue weighted by atomic mass is 10.0. The van der Waals surface area contributed by atoms with E-state index in [0.29, 0.717) is 22.5 Å². The highest BCUT2D eigenvalue weighted by molar-refractivity contribution is 6.35. The summed E-state index contributed by atoms with van der Waals surface area (Å²) in [6.07, 6.45) is -0.606. The molecular formula is C20H23Cl2NO2. The molecule has 0 saturated carbocycles. The van der Waals surface area contributed by atoms with Crippen LogP contribution in [0.3, 0.4) is 0 Å². The minimum atomic E-state index is -0.606. The van der Waals surface area contributed by atoms with E-state index in [-0.39, 0.29) is 5.91 Å². The van der Waals surface area contributed by atoms with E-state index in [1.54, 1.807) is 25.1 Å². The second-order valence-corrected chi connectivity index (χ2v) is 7.25. The summed E-state index contributed by atoms with van der Waals surface area (Å²) in [7, 11) is 0. The Hall–Kier alpha value is -1.71. The van der Waals surface area contributed by atoms with Gasteiger partial charge >= 0.3 is 0 Å². The molecule has 1 N–H and O–H groups in total. The topological polar surface area (TPSA) is 38.3 Å². The van der Waals surface area contributed by atoms with Crippen LogP contribution in [-0.2, 0) is 11.3 Å². The fourth-order valence-corrected chi connectivity index (χ4v) is 2.93. The summed E-state index contributed by atoms with van der Waals surface area (Å²) >= 11 is 12.0. The minimum Gasteiger partial charge on any atom is -0.481 e. The van der Waals surface area contributed by atoms with Gasteiger partial charge in [-0.3, -0.25) is 4.79 Å². The van der Waals surface area contributed by atoms with Crippen molar-refractivity contribution in [2.75, 3.05) is 0 Å². The largest absolute Gasteiger partial charge is 0.481 e. The number of hydrogen-bond donors (Lipinski definition) is 1. The number of carbonyl (C=O) groups is 1. The maximum atomic E-state index is 12.4. The van der Waals surface area contributed by atoms with E-state index in [0.717, 1.165) is 22.4 Å². The first-order chi connectivity index (χ1) is 11.8. The van der Waals surface area contributed by atoms with Gasteiger partial charge in [-0.15, -0.1) is 0 Å². The number of aryl methyl sites for hydroxylation is 1. The minimum absolute atomic E-state index is 0.192. The van der Waals surface area contributed by atoms with Crippen molar-refractivity contribution >= 4 is 29.1 Å². The van der Waals surface area contributed by atoms with Crippen molar-refractivity contribution < 1.29 is 9.53 Å². The summed E-state index contributed by atoms with van der Waals surface area (Å²) in [6, 6.07) is 11.3. The molecule has 0 aliphatic heterocycles. The third-order valence-electron chi connectivity index (χ3n) is 3.93. The number of ether oxygens (including phenoxy) is 1. The molecule has 1 atom stereocenters. The maximum absolute atomic E-state index is 12.4. The van der Waals surface area contributed by atoms with Gasteiger partial charge in [-0.1, -0.05) is 55.2 Å². The number of benzene rings is 2. The van der Waals surface area contributed by atoms with Crippen LogP contribution in [0.25, 0.3) is 0 Å². The van der Waals surface area contributed by atoms with E-state index in [1.165, 1.54) is 0 Å². The highest BCUT2D eigenvalue weighted by Crippen LogP contribution is 2.28. The third-order valence-corrected chi connectivity index (χ3v) is 4.52. The van der Waals surface area contributed by atoms with Crippen LogP contribution in [0, 0.1) is 6.92 Å². The Morgan fingerprint density at radius 2 is 1.84 bits per heavy atom. The molecule has 5 heteroatoms. The number of halogens is 2. The van der Waals surface area contributed by atoms with Crippen LogP contribution in [0.2, 0.25) is 10.0 Å². The highest BCUT2D eigenvalue weighted by Gasteiger charge is 2.17. The molecule has 0 unspecified atom stereocenters. The van der Waals surface area contributed by atoms with Crippen molar-refractivity contribution in [2.24, 2.45) is 0 Å². The van der Waals surface area contributed by atoms with Gasteiger partial charge < -0.3 is 10.1 Å². The predicted molar refractivity (Wildman–Crippen MR) is 104 cm³/mol. The van der Waals surface area contributed by atoms with Gasteiger partial charge in [0.1, 0.15) is 5.75 Å². The van der Waals surface area contributed by atoms with Gasteiger partial charge in [0.2, 0.25) is 0 Å². The molecule has 0 aliphatic rings. The fraction of sp³-hybridized carbons (Fsp3) is 0.350. The zero-order chi connectivity index (χ0) is 18.6. The van der Waals surface area contributed by atoms with E-state index in [2.05, 4.69) is 25.2 Å². The molecule has 2 aromatic carbocycles. The van der Waals surface area contributed by atoms with E-state index >= 15 is 0 Å². The molecule has 2 rings (SSSR count). The van der Waals surface area contributed by atoms with Gasteiger partial charge in [0.05, 0.1) is 0 Å². The Balaban J connectivity index is 2.02. The molecule has 0 saturated heterocycles. The predicted octanol–water partition coefficient (Wildman–Crippen LogP) is 5.51. The van der Waals surface area contributed by atoms with Crippen molar-refractivity contribution in [3.05, 3.63) is 63.1 Å². The number of rotatable bonds is 6. The molecule has 3 nitrogen and oxygen atoms in total. The molecule has 0 bridgehead atoms. The summed E-state index contributed by atoms with van der Waals surface area (Å²) in [5.41, 5.74) is 3.00. The second kappa shape index (κ2) is 8.59. The van der Waals surface area contributed by atoms with Crippen LogP contribution in [0.4, 0.5) is 0 Å². The van der Waals surface area contributed by atoms with Gasteiger partial charge in [0, 0.05) is 16.6 Å². The SMILES string of the molecule is Cc1ccc(C(C)C)c(O[C@H](C)C(=O)NCc2ccc(Cl)cc2Cl)c1. The quantitative estimate of drug-likeness (QED) is 0.718. The maximum Gasteiger partial charge on any atom is 0.261 e. The summed E-state index contributed by atoms with van der Waals surface area (Å²) in [6.45, 7) is 8.28. The van der Waals surface area contributed by atoms with Gasteiger partial charge in [-0.2, -0.15) is 0 Å². The highest BCUT2D eigenvalue weighted by atomic mass is 35.5. The summed E-state index contributed by atoms with van der Waals surface area (Å²) in [5.74, 6) is 0.878. The second-order valence-electron chi connectivity index (χ2n) is 6.41. The zero-order valence-corrected chi connectivity index (χ0v) is 16.4. The molecule has 0 heterocycles. The molecule has 1 amide bonds. The van der Waals surface area contributed by atoms with Crippen molar-refractivity contribution in [2.45, 2.75) is 46.3 Å². The van der Waals surface area contributed by atoms with Crippen LogP contribution in [-0.4, -0.2) is 12.0 Å². The standard InChI is InChI=1S/C20H23Cl2NO2/c1-12(2)17-8-5-13(3)9-19(17)25-14(4)20(24)23-11-15-6-7-16(21)10-18(15)22/h5-10,12,14H,11H2,1-4H3,(H,23,24)/t14-/m1/s1. The Morgan fingerprint density at radius 1 is 1.12 bits per heavy atom. The number of nitrogens with one attached hydrogen (secondary N) is 1. The number of carbonyl (C=O) groups excluding carboxylic acids is 1. The van der Waals surface area contributed by atoms with Gasteiger partial charge in [0.25, 0.3) is 5.91 Å². The lowest BCUT2D eigenvalue weighted by Gasteiger charge is -2.19. The molecule has 0 aromatic heterocycles. The van der Waals surface area contributed by atoms with Crippen molar-refractivity contribution in [1.82, 2.24) is 5.32 Å². The smallest absolute Gasteiger partial charge is 0.261 e. The molecule has 0 spiro atoms. The Kier molecular flexibility index (Phi) is 6.74. The first-order valence-electron chi connectivity index (χ1n) is 8.26. The van der Waals surface area contributed by atoms with E-state index < -0.39 is 6.10 Å². The first-order valence-corrected chi connectivity index (χ1v) is 9.02. The normalized spacial score (nSPS) is 12.1. The monoisotopic (exact) mass is 379 g/mol. The molecular weight excluding hydrogens is 357 g/mol. The van der Waals surface area contributed by atoms with Crippen molar-refractivity contribution in [3.63, 3.8) is 0 Å². The van der Waals surface area contributed by atoms with Gasteiger partial charge in [0.15, 0.2) is 6.10 Å². The number of hydrogen-bond acceptors (Lipinski definition) is 2. The van der Waals surface area contributed by atoms with Gasteiger partial charge in [-0.05, 0) is 54.7 Å². The first kappa shape index (κ1) is 19.6. The lowest BCUT2D eigenvalue weighted by molar-refractivity contribution is -0.127. The Morgan fingerprint density at radius 3 is 2.48 bits per heavy atom. The molecule has 25 heavy (non-hydrogen) atoms. The Labute approximate surface area is 159 Å². The number of amides is 1. The third kappa shape index (κ3) is 5.38. The van der Waals surface area contributed by atoms with E-state index in [4.69, 9.17) is 27.9 Å². The van der Waals surface area contributed by atoms with Crippen molar-refractivity contribution in [1.29, 1.82) is 0 Å². The van der Waals surface area contributed by atoms with Crippen LogP contribution in [0.5, 0.6) is 5.75 Å². The molecule has 0 aliphatic carbocycles. The average molecular weight is 380 g/mol. The molecule has 134 valence electrons. The molecule has 2 aromatic rings. The average Bonchev–Trinajstić information content (AvgIpc) is 2.53. The zero-order valence-electron chi connectivity index (χ0n) is 14.9. The lowest BCUT2D eigenvalue weighted by Crippen LogP contribution is -2.36. The van der Waals surface area contributed by atoms with Crippen molar-refractivity contribution in [3.8, 4) is 5.75 Å². The van der Waals surface area contributed by atoms with Crippen LogP contribution in [0.15, 0.2) is 36.4 Å².